The van der Waals surface area contributed by atoms with Crippen molar-refractivity contribution in [3.8, 4) is 0 Å². The minimum absolute atomic E-state index is 0.0660. The number of carbonyl (C=O) groups excluding carboxylic acids is 3. The summed E-state index contributed by atoms with van der Waals surface area (Å²) in [5.41, 5.74) is 0.142. The maximum absolute atomic E-state index is 12.5. The summed E-state index contributed by atoms with van der Waals surface area (Å²) < 4.78 is 5.40. The van der Waals surface area contributed by atoms with Gasteiger partial charge in [0.15, 0.2) is 0 Å². The Morgan fingerprint density at radius 2 is 1.76 bits per heavy atom. The number of carbonyl (C=O) groups is 3. The van der Waals surface area contributed by atoms with E-state index < -0.39 is 5.60 Å². The molecule has 0 atom stereocenters. The lowest BCUT2D eigenvalue weighted by molar-refractivity contribution is -0.144. The molecule has 0 unspecified atom stereocenters. The van der Waals surface area contributed by atoms with Crippen LogP contribution >= 0.6 is 0 Å². The first kappa shape index (κ1) is 19.5. The second-order valence-corrected chi connectivity index (χ2v) is 7.96. The van der Waals surface area contributed by atoms with Crippen LogP contribution in [0.2, 0.25) is 0 Å². The fraction of sp³-hybridized carbons (Fsp3) is 0.737. The molecule has 6 nitrogen and oxygen atoms in total. The molecule has 0 aromatic carbocycles. The maximum atomic E-state index is 12.5. The van der Waals surface area contributed by atoms with Gasteiger partial charge < -0.3 is 9.64 Å². The highest BCUT2D eigenvalue weighted by Crippen LogP contribution is 2.23. The maximum Gasteiger partial charge on any atom is 0.410 e. The Labute approximate surface area is 150 Å². The first-order chi connectivity index (χ1) is 11.7. The van der Waals surface area contributed by atoms with E-state index in [1.165, 1.54) is 4.90 Å². The highest BCUT2D eigenvalue weighted by Gasteiger charge is 2.28. The Morgan fingerprint density at radius 3 is 2.32 bits per heavy atom. The Bertz CT molecular complexity index is 554. The predicted octanol–water partition coefficient (Wildman–Crippen LogP) is 3.12. The number of amides is 3. The van der Waals surface area contributed by atoms with Crippen LogP contribution in [0.3, 0.4) is 0 Å². The number of likely N-dealkylation sites (tertiary alicyclic amines) is 2. The molecule has 0 spiro atoms. The molecule has 0 saturated carbocycles. The van der Waals surface area contributed by atoms with Gasteiger partial charge in [0.25, 0.3) is 5.91 Å². The molecule has 0 bridgehead atoms. The van der Waals surface area contributed by atoms with Crippen LogP contribution in [0.25, 0.3) is 0 Å². The van der Waals surface area contributed by atoms with Crippen molar-refractivity contribution < 1.29 is 19.1 Å². The van der Waals surface area contributed by atoms with Crippen LogP contribution in [0.1, 0.15) is 59.8 Å². The molecular formula is C19H30N2O4. The van der Waals surface area contributed by atoms with Gasteiger partial charge in [-0.25, -0.2) is 4.79 Å². The van der Waals surface area contributed by atoms with E-state index >= 15 is 0 Å². The zero-order valence-corrected chi connectivity index (χ0v) is 15.8. The minimum atomic E-state index is -0.488. The van der Waals surface area contributed by atoms with Gasteiger partial charge in [-0.1, -0.05) is 6.08 Å². The summed E-state index contributed by atoms with van der Waals surface area (Å²) in [6, 6.07) is 0. The molecule has 0 aliphatic carbocycles. The predicted molar refractivity (Wildman–Crippen MR) is 94.9 cm³/mol. The van der Waals surface area contributed by atoms with Crippen molar-refractivity contribution in [2.45, 2.75) is 65.4 Å². The van der Waals surface area contributed by atoms with Gasteiger partial charge in [0.05, 0.1) is 0 Å². The zero-order chi connectivity index (χ0) is 18.6. The lowest BCUT2D eigenvalue weighted by Gasteiger charge is -2.33. The molecule has 2 fully saturated rings. The Hall–Kier alpha value is -1.85. The smallest absolute Gasteiger partial charge is 0.410 e. The third-order valence-corrected chi connectivity index (χ3v) is 4.58. The van der Waals surface area contributed by atoms with Gasteiger partial charge in [0.1, 0.15) is 5.60 Å². The van der Waals surface area contributed by atoms with Gasteiger partial charge in [-0.2, -0.15) is 0 Å². The minimum Gasteiger partial charge on any atom is -0.444 e. The zero-order valence-electron chi connectivity index (χ0n) is 15.8. The van der Waals surface area contributed by atoms with Crippen molar-refractivity contribution in [1.82, 2.24) is 9.80 Å². The molecule has 0 radical (unpaired) electrons. The lowest BCUT2D eigenvalue weighted by atomic mass is 9.94. The molecule has 6 heteroatoms. The molecular weight excluding hydrogens is 320 g/mol. The average molecular weight is 350 g/mol. The number of piperidine rings is 2. The lowest BCUT2D eigenvalue weighted by Crippen LogP contribution is -2.42. The van der Waals surface area contributed by atoms with Crippen LogP contribution in [-0.4, -0.2) is 52.9 Å². The summed E-state index contributed by atoms with van der Waals surface area (Å²) in [6.45, 7) is 9.14. The molecule has 0 N–H and O–H groups in total. The van der Waals surface area contributed by atoms with Crippen LogP contribution in [-0.2, 0) is 14.3 Å². The topological polar surface area (TPSA) is 66.9 Å². The summed E-state index contributed by atoms with van der Waals surface area (Å²) in [5.74, 6) is 0.0190. The van der Waals surface area contributed by atoms with E-state index in [2.05, 4.69) is 0 Å². The number of imide groups is 1. The molecule has 3 amide bonds. The van der Waals surface area contributed by atoms with Gasteiger partial charge in [-0.15, -0.1) is 0 Å². The van der Waals surface area contributed by atoms with Crippen LogP contribution in [0.15, 0.2) is 11.6 Å². The molecule has 2 heterocycles. The van der Waals surface area contributed by atoms with Crippen LogP contribution in [0.5, 0.6) is 0 Å². The largest absolute Gasteiger partial charge is 0.444 e. The number of hydrogen-bond acceptors (Lipinski definition) is 4. The third kappa shape index (κ3) is 5.58. The van der Waals surface area contributed by atoms with Crippen molar-refractivity contribution >= 4 is 17.9 Å². The summed E-state index contributed by atoms with van der Waals surface area (Å²) in [6.07, 6.45) is 5.52. The quantitative estimate of drug-likeness (QED) is 0.718. The molecule has 0 aromatic heterocycles. The second-order valence-electron chi connectivity index (χ2n) is 7.96. The fourth-order valence-corrected chi connectivity index (χ4v) is 3.23. The highest BCUT2D eigenvalue weighted by molar-refractivity contribution is 6.04. The normalized spacial score (nSPS) is 20.6. The summed E-state index contributed by atoms with van der Waals surface area (Å²) in [5, 5.41) is 0. The summed E-state index contributed by atoms with van der Waals surface area (Å²) in [4.78, 5) is 39.5. The second kappa shape index (κ2) is 8.02. The molecule has 2 saturated heterocycles. The van der Waals surface area contributed by atoms with Crippen molar-refractivity contribution in [2.75, 3.05) is 19.6 Å². The average Bonchev–Trinajstić information content (AvgIpc) is 2.53. The standard InChI is InChI=1S/C19H30N2O4/c1-14(17(23)21-10-6-5-7-16(21)22)13-15-8-11-20(12-9-15)18(24)25-19(2,3)4/h13,15H,5-12H2,1-4H3/b14-13-. The summed E-state index contributed by atoms with van der Waals surface area (Å²) >= 11 is 0. The summed E-state index contributed by atoms with van der Waals surface area (Å²) in [7, 11) is 0. The van der Waals surface area contributed by atoms with E-state index in [-0.39, 0.29) is 23.8 Å². The van der Waals surface area contributed by atoms with Crippen molar-refractivity contribution in [2.24, 2.45) is 5.92 Å². The molecule has 25 heavy (non-hydrogen) atoms. The van der Waals surface area contributed by atoms with Gasteiger partial charge in [0, 0.05) is 31.6 Å². The SMILES string of the molecule is C/C(=C/C1CCN(C(=O)OC(C)(C)C)CC1)C(=O)N1CCCCC1=O. The number of hydrogen-bond donors (Lipinski definition) is 0. The van der Waals surface area contributed by atoms with Crippen LogP contribution in [0.4, 0.5) is 4.79 Å². The van der Waals surface area contributed by atoms with E-state index in [1.54, 1.807) is 11.8 Å². The van der Waals surface area contributed by atoms with E-state index in [0.717, 1.165) is 25.7 Å². The molecule has 0 aromatic rings. The number of nitrogens with zero attached hydrogens (tertiary/aromatic N) is 2. The highest BCUT2D eigenvalue weighted by atomic mass is 16.6. The van der Waals surface area contributed by atoms with E-state index in [0.29, 0.717) is 31.6 Å². The van der Waals surface area contributed by atoms with E-state index in [1.807, 2.05) is 26.8 Å². The van der Waals surface area contributed by atoms with E-state index in [9.17, 15) is 14.4 Å². The number of rotatable bonds is 2. The molecule has 2 rings (SSSR count). The number of ether oxygens (including phenoxy) is 1. The van der Waals surface area contributed by atoms with Crippen LogP contribution < -0.4 is 0 Å². The molecule has 140 valence electrons. The monoisotopic (exact) mass is 350 g/mol. The van der Waals surface area contributed by atoms with Crippen molar-refractivity contribution in [1.29, 1.82) is 0 Å². The Balaban J connectivity index is 1.87. The molecule has 2 aliphatic heterocycles. The van der Waals surface area contributed by atoms with Gasteiger partial charge in [0.2, 0.25) is 5.91 Å². The Kier molecular flexibility index (Phi) is 6.25. The first-order valence-electron chi connectivity index (χ1n) is 9.18. The van der Waals surface area contributed by atoms with Crippen molar-refractivity contribution in [3.63, 3.8) is 0 Å². The number of allylic oxidation sites excluding steroid dienone is 1. The van der Waals surface area contributed by atoms with Gasteiger partial charge in [-0.3, -0.25) is 14.5 Å². The first-order valence-corrected chi connectivity index (χ1v) is 9.18. The van der Waals surface area contributed by atoms with Gasteiger partial charge >= 0.3 is 6.09 Å². The fourth-order valence-electron chi connectivity index (χ4n) is 3.23. The van der Waals surface area contributed by atoms with Crippen molar-refractivity contribution in [3.05, 3.63) is 11.6 Å². The third-order valence-electron chi connectivity index (χ3n) is 4.58. The molecule has 2 aliphatic rings. The van der Waals surface area contributed by atoms with Gasteiger partial charge in [-0.05, 0) is 59.3 Å². The Morgan fingerprint density at radius 1 is 1.12 bits per heavy atom. The van der Waals surface area contributed by atoms with E-state index in [4.69, 9.17) is 4.74 Å². The van der Waals surface area contributed by atoms with Crippen LogP contribution in [0, 0.1) is 5.92 Å².